The standard InChI is InChI=1S/C9H11F3N2/c1-5(4-13)14-9-3-7(11)6(10)2-8(9)12/h2-3,5,14H,4,13H2,1H3. The molecular formula is C9H11F3N2. The molecule has 0 fully saturated rings. The largest absolute Gasteiger partial charge is 0.379 e. The van der Waals surface area contributed by atoms with Crippen LogP contribution in [0.1, 0.15) is 6.92 Å². The molecule has 0 aliphatic heterocycles. The van der Waals surface area contributed by atoms with E-state index in [9.17, 15) is 13.2 Å². The fourth-order valence-corrected chi connectivity index (χ4v) is 0.958. The van der Waals surface area contributed by atoms with Crippen molar-refractivity contribution < 1.29 is 13.2 Å². The van der Waals surface area contributed by atoms with Crippen LogP contribution < -0.4 is 11.1 Å². The Kier molecular flexibility index (Phi) is 3.35. The van der Waals surface area contributed by atoms with Gasteiger partial charge in [0.1, 0.15) is 5.82 Å². The van der Waals surface area contributed by atoms with Crippen LogP contribution >= 0.6 is 0 Å². The van der Waals surface area contributed by atoms with Gasteiger partial charge in [-0.25, -0.2) is 13.2 Å². The molecule has 0 aliphatic rings. The Bertz CT molecular complexity index is 328. The molecule has 0 spiro atoms. The first kappa shape index (κ1) is 10.8. The van der Waals surface area contributed by atoms with Crippen LogP contribution in [-0.2, 0) is 0 Å². The number of benzene rings is 1. The van der Waals surface area contributed by atoms with Gasteiger partial charge >= 0.3 is 0 Å². The third kappa shape index (κ3) is 2.38. The lowest BCUT2D eigenvalue weighted by Crippen LogP contribution is -2.25. The van der Waals surface area contributed by atoms with E-state index in [4.69, 9.17) is 5.73 Å². The second-order valence-electron chi connectivity index (χ2n) is 3.03. The molecule has 0 heterocycles. The molecule has 0 aliphatic carbocycles. The number of rotatable bonds is 3. The van der Waals surface area contributed by atoms with Gasteiger partial charge in [-0.1, -0.05) is 0 Å². The van der Waals surface area contributed by atoms with Crippen LogP contribution in [0.25, 0.3) is 0 Å². The maximum absolute atomic E-state index is 13.0. The van der Waals surface area contributed by atoms with E-state index >= 15 is 0 Å². The molecule has 1 atom stereocenters. The summed E-state index contributed by atoms with van der Waals surface area (Å²) in [5, 5.41) is 2.62. The third-order valence-electron chi connectivity index (χ3n) is 1.77. The highest BCUT2D eigenvalue weighted by molar-refractivity contribution is 5.46. The molecule has 3 N–H and O–H groups in total. The number of halogens is 3. The van der Waals surface area contributed by atoms with Gasteiger partial charge in [0.05, 0.1) is 5.69 Å². The SMILES string of the molecule is CC(CN)Nc1cc(F)c(F)cc1F. The van der Waals surface area contributed by atoms with Crippen molar-refractivity contribution in [2.75, 3.05) is 11.9 Å². The Morgan fingerprint density at radius 1 is 1.21 bits per heavy atom. The second kappa shape index (κ2) is 4.32. The average Bonchev–Trinajstić information content (AvgIpc) is 2.14. The molecule has 1 aromatic rings. The van der Waals surface area contributed by atoms with Gasteiger partial charge in [0, 0.05) is 24.7 Å². The van der Waals surface area contributed by atoms with Gasteiger partial charge in [-0.15, -0.1) is 0 Å². The molecule has 5 heteroatoms. The first-order chi connectivity index (χ1) is 6.54. The van der Waals surface area contributed by atoms with Gasteiger partial charge in [0.2, 0.25) is 0 Å². The van der Waals surface area contributed by atoms with Crippen molar-refractivity contribution in [2.45, 2.75) is 13.0 Å². The molecule has 0 saturated heterocycles. The highest BCUT2D eigenvalue weighted by atomic mass is 19.2. The zero-order chi connectivity index (χ0) is 10.7. The monoisotopic (exact) mass is 204 g/mol. The van der Waals surface area contributed by atoms with Crippen LogP contribution in [0.3, 0.4) is 0 Å². The van der Waals surface area contributed by atoms with Gasteiger partial charge in [0.15, 0.2) is 11.6 Å². The van der Waals surface area contributed by atoms with Crippen LogP contribution in [0.4, 0.5) is 18.9 Å². The van der Waals surface area contributed by atoms with E-state index in [1.165, 1.54) is 0 Å². The van der Waals surface area contributed by atoms with Crippen LogP contribution in [-0.4, -0.2) is 12.6 Å². The summed E-state index contributed by atoms with van der Waals surface area (Å²) in [5.74, 6) is -3.12. The summed E-state index contributed by atoms with van der Waals surface area (Å²) < 4.78 is 38.2. The van der Waals surface area contributed by atoms with Gasteiger partial charge < -0.3 is 11.1 Å². The van der Waals surface area contributed by atoms with Gasteiger partial charge in [-0.05, 0) is 6.92 Å². The maximum Gasteiger partial charge on any atom is 0.161 e. The number of nitrogens with two attached hydrogens (primary N) is 1. The molecule has 0 amide bonds. The number of hydrogen-bond acceptors (Lipinski definition) is 2. The third-order valence-corrected chi connectivity index (χ3v) is 1.77. The molecule has 1 unspecified atom stereocenters. The molecule has 78 valence electrons. The highest BCUT2D eigenvalue weighted by Gasteiger charge is 2.10. The van der Waals surface area contributed by atoms with E-state index in [1.54, 1.807) is 6.92 Å². The first-order valence-electron chi connectivity index (χ1n) is 4.15. The normalized spacial score (nSPS) is 12.6. The van der Waals surface area contributed by atoms with Crippen molar-refractivity contribution in [3.8, 4) is 0 Å². The van der Waals surface area contributed by atoms with Crippen LogP contribution in [0.5, 0.6) is 0 Å². The molecule has 1 aromatic carbocycles. The van der Waals surface area contributed by atoms with E-state index in [0.717, 1.165) is 6.07 Å². The number of anilines is 1. The minimum atomic E-state index is -1.20. The van der Waals surface area contributed by atoms with Crippen molar-refractivity contribution in [2.24, 2.45) is 5.73 Å². The lowest BCUT2D eigenvalue weighted by molar-refractivity contribution is 0.495. The lowest BCUT2D eigenvalue weighted by Gasteiger charge is -2.13. The van der Waals surface area contributed by atoms with E-state index in [0.29, 0.717) is 6.07 Å². The van der Waals surface area contributed by atoms with E-state index in [-0.39, 0.29) is 18.3 Å². The predicted molar refractivity (Wildman–Crippen MR) is 48.5 cm³/mol. The molecular weight excluding hydrogens is 193 g/mol. The van der Waals surface area contributed by atoms with E-state index < -0.39 is 17.5 Å². The molecule has 1 rings (SSSR count). The Labute approximate surface area is 79.9 Å². The molecule has 0 aromatic heterocycles. The smallest absolute Gasteiger partial charge is 0.161 e. The first-order valence-corrected chi connectivity index (χ1v) is 4.15. The van der Waals surface area contributed by atoms with Crippen molar-refractivity contribution in [3.63, 3.8) is 0 Å². The summed E-state index contributed by atoms with van der Waals surface area (Å²) in [5.41, 5.74) is 5.20. The molecule has 0 radical (unpaired) electrons. The zero-order valence-corrected chi connectivity index (χ0v) is 7.65. The molecule has 14 heavy (non-hydrogen) atoms. The Hall–Kier alpha value is -1.23. The topological polar surface area (TPSA) is 38.0 Å². The lowest BCUT2D eigenvalue weighted by atomic mass is 10.2. The van der Waals surface area contributed by atoms with Crippen LogP contribution in [0.2, 0.25) is 0 Å². The zero-order valence-electron chi connectivity index (χ0n) is 7.65. The quantitative estimate of drug-likeness (QED) is 0.737. The summed E-state index contributed by atoms with van der Waals surface area (Å²) in [6, 6.07) is 1.08. The fourth-order valence-electron chi connectivity index (χ4n) is 0.958. The fraction of sp³-hybridized carbons (Fsp3) is 0.333. The summed E-state index contributed by atoms with van der Waals surface area (Å²) in [4.78, 5) is 0. The molecule has 0 saturated carbocycles. The van der Waals surface area contributed by atoms with Crippen molar-refractivity contribution in [3.05, 3.63) is 29.6 Å². The van der Waals surface area contributed by atoms with Gasteiger partial charge in [-0.2, -0.15) is 0 Å². The number of hydrogen-bond donors (Lipinski definition) is 2. The van der Waals surface area contributed by atoms with E-state index in [1.807, 2.05) is 0 Å². The minimum Gasteiger partial charge on any atom is -0.379 e. The molecule has 2 nitrogen and oxygen atoms in total. The van der Waals surface area contributed by atoms with Crippen molar-refractivity contribution >= 4 is 5.69 Å². The number of nitrogens with one attached hydrogen (secondary N) is 1. The second-order valence-corrected chi connectivity index (χ2v) is 3.03. The maximum atomic E-state index is 13.0. The minimum absolute atomic E-state index is 0.0816. The van der Waals surface area contributed by atoms with Crippen LogP contribution in [0.15, 0.2) is 12.1 Å². The summed E-state index contributed by atoms with van der Waals surface area (Å²) in [6.45, 7) is 1.99. The Morgan fingerprint density at radius 2 is 1.79 bits per heavy atom. The summed E-state index contributed by atoms with van der Waals surface area (Å²) >= 11 is 0. The summed E-state index contributed by atoms with van der Waals surface area (Å²) in [7, 11) is 0. The predicted octanol–water partition coefficient (Wildman–Crippen LogP) is 1.86. The Morgan fingerprint density at radius 3 is 2.36 bits per heavy atom. The average molecular weight is 204 g/mol. The van der Waals surface area contributed by atoms with Gasteiger partial charge in [0.25, 0.3) is 0 Å². The van der Waals surface area contributed by atoms with E-state index in [2.05, 4.69) is 5.32 Å². The van der Waals surface area contributed by atoms with Gasteiger partial charge in [-0.3, -0.25) is 0 Å². The summed E-state index contributed by atoms with van der Waals surface area (Å²) in [6.07, 6.45) is 0. The van der Waals surface area contributed by atoms with Crippen LogP contribution in [0, 0.1) is 17.5 Å². The van der Waals surface area contributed by atoms with Crippen molar-refractivity contribution in [1.29, 1.82) is 0 Å². The highest BCUT2D eigenvalue weighted by Crippen LogP contribution is 2.18. The Balaban J connectivity index is 2.92. The molecule has 0 bridgehead atoms. The van der Waals surface area contributed by atoms with Crippen molar-refractivity contribution in [1.82, 2.24) is 0 Å².